The molecule has 1 fully saturated rings. The van der Waals surface area contributed by atoms with E-state index in [0.29, 0.717) is 0 Å². The predicted octanol–water partition coefficient (Wildman–Crippen LogP) is 1.33. The standard InChI is InChI=1S/C9H14F2N4/c10-9(11)8-7(12)5-15(14-8)6-1-3-13-4-2-6/h5-6,9,13H,1-4,12H2. The zero-order valence-corrected chi connectivity index (χ0v) is 8.29. The molecule has 1 aliphatic heterocycles. The summed E-state index contributed by atoms with van der Waals surface area (Å²) in [7, 11) is 0. The lowest BCUT2D eigenvalue weighted by atomic mass is 10.1. The van der Waals surface area contributed by atoms with Crippen LogP contribution in [-0.2, 0) is 0 Å². The second kappa shape index (κ2) is 4.14. The van der Waals surface area contributed by atoms with Gasteiger partial charge in [0.05, 0.1) is 11.7 Å². The van der Waals surface area contributed by atoms with Crippen LogP contribution in [-0.4, -0.2) is 22.9 Å². The first-order valence-electron chi connectivity index (χ1n) is 5.02. The van der Waals surface area contributed by atoms with Crippen LogP contribution in [0.3, 0.4) is 0 Å². The highest BCUT2D eigenvalue weighted by Gasteiger charge is 2.21. The molecule has 6 heteroatoms. The van der Waals surface area contributed by atoms with Gasteiger partial charge in [0.25, 0.3) is 6.43 Å². The van der Waals surface area contributed by atoms with Crippen LogP contribution in [0.4, 0.5) is 14.5 Å². The van der Waals surface area contributed by atoms with Crippen molar-refractivity contribution in [3.8, 4) is 0 Å². The number of aromatic nitrogens is 2. The number of nitrogen functional groups attached to an aromatic ring is 1. The fourth-order valence-electron chi connectivity index (χ4n) is 1.85. The lowest BCUT2D eigenvalue weighted by Gasteiger charge is -2.22. The normalized spacial score (nSPS) is 18.6. The molecule has 0 spiro atoms. The zero-order valence-electron chi connectivity index (χ0n) is 8.29. The molecule has 0 aromatic carbocycles. The van der Waals surface area contributed by atoms with Crippen molar-refractivity contribution in [2.24, 2.45) is 0 Å². The highest BCUT2D eigenvalue weighted by molar-refractivity contribution is 5.41. The Bertz CT molecular complexity index is 331. The Morgan fingerprint density at radius 3 is 2.67 bits per heavy atom. The molecule has 2 rings (SSSR count). The molecule has 0 amide bonds. The monoisotopic (exact) mass is 216 g/mol. The Labute approximate surface area is 86.4 Å². The fraction of sp³-hybridized carbons (Fsp3) is 0.667. The van der Waals surface area contributed by atoms with Crippen molar-refractivity contribution in [1.29, 1.82) is 0 Å². The second-order valence-electron chi connectivity index (χ2n) is 3.73. The van der Waals surface area contributed by atoms with Crippen LogP contribution in [0.2, 0.25) is 0 Å². The number of hydrogen-bond donors (Lipinski definition) is 2. The highest BCUT2D eigenvalue weighted by Crippen LogP contribution is 2.26. The van der Waals surface area contributed by atoms with E-state index in [0.717, 1.165) is 25.9 Å². The molecule has 15 heavy (non-hydrogen) atoms. The topological polar surface area (TPSA) is 55.9 Å². The average molecular weight is 216 g/mol. The number of piperidine rings is 1. The van der Waals surface area contributed by atoms with Gasteiger partial charge < -0.3 is 11.1 Å². The summed E-state index contributed by atoms with van der Waals surface area (Å²) in [5.41, 5.74) is 5.26. The van der Waals surface area contributed by atoms with Crippen LogP contribution in [0.25, 0.3) is 0 Å². The quantitative estimate of drug-likeness (QED) is 0.784. The third kappa shape index (κ3) is 2.09. The van der Waals surface area contributed by atoms with Gasteiger partial charge in [-0.2, -0.15) is 5.10 Å². The molecule has 84 valence electrons. The van der Waals surface area contributed by atoms with Crippen LogP contribution in [0, 0.1) is 0 Å². The van der Waals surface area contributed by atoms with Gasteiger partial charge in [-0.3, -0.25) is 4.68 Å². The lowest BCUT2D eigenvalue weighted by Crippen LogP contribution is -2.29. The van der Waals surface area contributed by atoms with Crippen molar-refractivity contribution in [3.63, 3.8) is 0 Å². The van der Waals surface area contributed by atoms with Gasteiger partial charge in [0.15, 0.2) is 5.69 Å². The van der Waals surface area contributed by atoms with Crippen LogP contribution in [0.15, 0.2) is 6.20 Å². The summed E-state index contributed by atoms with van der Waals surface area (Å²) in [5, 5.41) is 7.05. The number of nitrogens with two attached hydrogens (primary N) is 1. The molecule has 0 atom stereocenters. The van der Waals surface area contributed by atoms with Crippen molar-refractivity contribution >= 4 is 5.69 Å². The molecule has 0 radical (unpaired) electrons. The summed E-state index contributed by atoms with van der Waals surface area (Å²) in [5.74, 6) is 0. The van der Waals surface area contributed by atoms with Gasteiger partial charge >= 0.3 is 0 Å². The summed E-state index contributed by atoms with van der Waals surface area (Å²) in [6, 6.07) is 0.195. The van der Waals surface area contributed by atoms with Gasteiger partial charge in [-0.15, -0.1) is 0 Å². The Kier molecular flexibility index (Phi) is 2.86. The molecule has 3 N–H and O–H groups in total. The van der Waals surface area contributed by atoms with Crippen molar-refractivity contribution in [2.75, 3.05) is 18.8 Å². The number of alkyl halides is 2. The average Bonchev–Trinajstić information content (AvgIpc) is 2.62. The molecular weight excluding hydrogens is 202 g/mol. The molecule has 2 heterocycles. The van der Waals surface area contributed by atoms with E-state index in [1.165, 1.54) is 6.20 Å². The number of nitrogens with one attached hydrogen (secondary N) is 1. The van der Waals surface area contributed by atoms with Crippen LogP contribution in [0.5, 0.6) is 0 Å². The first-order valence-corrected chi connectivity index (χ1v) is 5.02. The number of anilines is 1. The van der Waals surface area contributed by atoms with Gasteiger partial charge in [0, 0.05) is 6.20 Å². The fourth-order valence-corrected chi connectivity index (χ4v) is 1.85. The Balaban J connectivity index is 2.17. The van der Waals surface area contributed by atoms with Gasteiger partial charge in [0.2, 0.25) is 0 Å². The van der Waals surface area contributed by atoms with Crippen LogP contribution in [0.1, 0.15) is 31.0 Å². The molecule has 0 bridgehead atoms. The van der Waals surface area contributed by atoms with E-state index >= 15 is 0 Å². The van der Waals surface area contributed by atoms with E-state index in [2.05, 4.69) is 10.4 Å². The predicted molar refractivity (Wildman–Crippen MR) is 52.7 cm³/mol. The Morgan fingerprint density at radius 2 is 2.13 bits per heavy atom. The van der Waals surface area contributed by atoms with Crippen molar-refractivity contribution < 1.29 is 8.78 Å². The maximum Gasteiger partial charge on any atom is 0.284 e. The molecule has 1 aliphatic rings. The molecule has 0 saturated carbocycles. The van der Waals surface area contributed by atoms with E-state index in [1.54, 1.807) is 4.68 Å². The molecular formula is C9H14F2N4. The molecule has 1 saturated heterocycles. The summed E-state index contributed by atoms with van der Waals surface area (Å²) in [4.78, 5) is 0. The van der Waals surface area contributed by atoms with E-state index in [4.69, 9.17) is 5.73 Å². The van der Waals surface area contributed by atoms with Crippen LogP contribution >= 0.6 is 0 Å². The number of rotatable bonds is 2. The number of nitrogens with zero attached hydrogens (tertiary/aromatic N) is 2. The first-order chi connectivity index (χ1) is 7.18. The number of hydrogen-bond acceptors (Lipinski definition) is 3. The molecule has 4 nitrogen and oxygen atoms in total. The maximum absolute atomic E-state index is 12.4. The van der Waals surface area contributed by atoms with E-state index in [1.807, 2.05) is 0 Å². The van der Waals surface area contributed by atoms with Gasteiger partial charge in [-0.25, -0.2) is 8.78 Å². The highest BCUT2D eigenvalue weighted by atomic mass is 19.3. The smallest absolute Gasteiger partial charge is 0.284 e. The third-order valence-corrected chi connectivity index (χ3v) is 2.68. The molecule has 0 aliphatic carbocycles. The summed E-state index contributed by atoms with van der Waals surface area (Å²) < 4.78 is 26.5. The van der Waals surface area contributed by atoms with Crippen molar-refractivity contribution in [3.05, 3.63) is 11.9 Å². The van der Waals surface area contributed by atoms with E-state index in [-0.39, 0.29) is 17.4 Å². The minimum Gasteiger partial charge on any atom is -0.396 e. The summed E-state index contributed by atoms with van der Waals surface area (Å²) in [6.45, 7) is 1.79. The van der Waals surface area contributed by atoms with Gasteiger partial charge in [-0.05, 0) is 25.9 Å². The van der Waals surface area contributed by atoms with Crippen molar-refractivity contribution in [2.45, 2.75) is 25.3 Å². The van der Waals surface area contributed by atoms with E-state index in [9.17, 15) is 8.78 Å². The molecule has 1 aromatic rings. The van der Waals surface area contributed by atoms with Crippen molar-refractivity contribution in [1.82, 2.24) is 15.1 Å². The minimum absolute atomic E-state index is 0.0866. The Hall–Kier alpha value is -1.17. The zero-order chi connectivity index (χ0) is 10.8. The third-order valence-electron chi connectivity index (χ3n) is 2.68. The molecule has 1 aromatic heterocycles. The van der Waals surface area contributed by atoms with Gasteiger partial charge in [-0.1, -0.05) is 0 Å². The minimum atomic E-state index is -2.59. The molecule has 0 unspecified atom stereocenters. The summed E-state index contributed by atoms with van der Waals surface area (Å²) in [6.07, 6.45) is 0.735. The number of halogens is 2. The van der Waals surface area contributed by atoms with E-state index < -0.39 is 6.43 Å². The maximum atomic E-state index is 12.4. The SMILES string of the molecule is Nc1cn(C2CCNCC2)nc1C(F)F. The lowest BCUT2D eigenvalue weighted by molar-refractivity contribution is 0.145. The van der Waals surface area contributed by atoms with Crippen LogP contribution < -0.4 is 11.1 Å². The Morgan fingerprint density at radius 1 is 1.47 bits per heavy atom. The second-order valence-corrected chi connectivity index (χ2v) is 3.73. The first kappa shape index (κ1) is 10.4. The summed E-state index contributed by atoms with van der Waals surface area (Å²) >= 11 is 0. The van der Waals surface area contributed by atoms with Gasteiger partial charge in [0.1, 0.15) is 0 Å². The largest absolute Gasteiger partial charge is 0.396 e.